The summed E-state index contributed by atoms with van der Waals surface area (Å²) >= 11 is 1.45. The number of fused-ring (bicyclic) bond motifs is 1. The average Bonchev–Trinajstić information content (AvgIpc) is 3.03. The van der Waals surface area contributed by atoms with Gasteiger partial charge in [-0.25, -0.2) is 9.78 Å². The Kier molecular flexibility index (Phi) is 5.27. The molecule has 3 aromatic rings. The van der Waals surface area contributed by atoms with Gasteiger partial charge in [0.15, 0.2) is 5.13 Å². The molecule has 0 saturated heterocycles. The molecule has 2 amide bonds. The van der Waals surface area contributed by atoms with Gasteiger partial charge in [0.2, 0.25) is 0 Å². The number of hydrogen-bond donors (Lipinski definition) is 2. The van der Waals surface area contributed by atoms with Crippen LogP contribution >= 0.6 is 11.3 Å². The summed E-state index contributed by atoms with van der Waals surface area (Å²) in [4.78, 5) is 16.9. The highest BCUT2D eigenvalue weighted by Gasteiger charge is 2.14. The molecule has 0 unspecified atom stereocenters. The first-order valence-electron chi connectivity index (χ1n) is 8.21. The first-order chi connectivity index (χ1) is 12.5. The van der Waals surface area contributed by atoms with Crippen molar-refractivity contribution in [3.63, 3.8) is 0 Å². The molecule has 2 aromatic carbocycles. The first-order valence-corrected chi connectivity index (χ1v) is 9.03. The van der Waals surface area contributed by atoms with Crippen molar-refractivity contribution in [2.24, 2.45) is 0 Å². The van der Waals surface area contributed by atoms with Crippen LogP contribution in [0.1, 0.15) is 25.3 Å². The number of aromatic nitrogens is 1. The minimum absolute atomic E-state index is 0.367. The first kappa shape index (κ1) is 18.0. The number of benzene rings is 2. The van der Waals surface area contributed by atoms with Gasteiger partial charge in [-0.05, 0) is 29.7 Å². The maximum Gasteiger partial charge on any atom is 0.325 e. The summed E-state index contributed by atoms with van der Waals surface area (Å²) in [5, 5.41) is 6.13. The molecule has 26 heavy (non-hydrogen) atoms. The van der Waals surface area contributed by atoms with E-state index in [-0.39, 0.29) is 6.03 Å². The lowest BCUT2D eigenvalue weighted by molar-refractivity contribution is 0.262. The molecule has 136 valence electrons. The normalized spacial score (nSPS) is 10.8. The molecule has 0 saturated carbocycles. The summed E-state index contributed by atoms with van der Waals surface area (Å²) in [6, 6.07) is 10.9. The molecular formula is C19H21N3O3S. The highest BCUT2D eigenvalue weighted by molar-refractivity contribution is 7.22. The number of anilines is 2. The van der Waals surface area contributed by atoms with Crippen molar-refractivity contribution in [3.8, 4) is 11.5 Å². The van der Waals surface area contributed by atoms with Crippen LogP contribution in [-0.2, 0) is 0 Å². The minimum atomic E-state index is -0.376. The number of thiazole rings is 1. The van der Waals surface area contributed by atoms with E-state index < -0.39 is 0 Å². The van der Waals surface area contributed by atoms with E-state index >= 15 is 0 Å². The fourth-order valence-electron chi connectivity index (χ4n) is 2.64. The molecule has 6 nitrogen and oxygen atoms in total. The number of amides is 2. The number of nitrogens with one attached hydrogen (secondary N) is 2. The third-order valence-electron chi connectivity index (χ3n) is 3.95. The molecule has 0 bridgehead atoms. The molecule has 3 rings (SSSR count). The van der Waals surface area contributed by atoms with E-state index in [0.717, 1.165) is 10.2 Å². The van der Waals surface area contributed by atoms with Crippen LogP contribution in [0.15, 0.2) is 36.4 Å². The lowest BCUT2D eigenvalue weighted by Gasteiger charge is -2.11. The van der Waals surface area contributed by atoms with Crippen LogP contribution in [0.2, 0.25) is 0 Å². The van der Waals surface area contributed by atoms with Crippen LogP contribution in [0.3, 0.4) is 0 Å². The quantitative estimate of drug-likeness (QED) is 0.656. The molecule has 0 atom stereocenters. The number of carbonyl (C=O) groups excluding carboxylic acids is 1. The second-order valence-electron chi connectivity index (χ2n) is 6.01. The van der Waals surface area contributed by atoms with E-state index in [4.69, 9.17) is 9.47 Å². The van der Waals surface area contributed by atoms with Crippen LogP contribution in [0.4, 0.5) is 15.6 Å². The Morgan fingerprint density at radius 2 is 1.92 bits per heavy atom. The maximum atomic E-state index is 12.4. The number of para-hydroxylation sites is 1. The Morgan fingerprint density at radius 1 is 1.12 bits per heavy atom. The summed E-state index contributed by atoms with van der Waals surface area (Å²) in [6.45, 7) is 4.26. The Balaban J connectivity index is 1.78. The van der Waals surface area contributed by atoms with Crippen LogP contribution in [0, 0.1) is 0 Å². The Bertz CT molecular complexity index is 937. The van der Waals surface area contributed by atoms with E-state index in [1.807, 2.05) is 12.1 Å². The van der Waals surface area contributed by atoms with Crippen molar-refractivity contribution < 1.29 is 14.3 Å². The predicted molar refractivity (Wildman–Crippen MR) is 106 cm³/mol. The number of nitrogens with zero attached hydrogens (tertiary/aromatic N) is 1. The predicted octanol–water partition coefficient (Wildman–Crippen LogP) is 5.08. The van der Waals surface area contributed by atoms with Gasteiger partial charge in [0.05, 0.1) is 30.1 Å². The molecule has 1 aromatic heterocycles. The minimum Gasteiger partial charge on any atom is -0.497 e. The zero-order valence-corrected chi connectivity index (χ0v) is 15.9. The van der Waals surface area contributed by atoms with Crippen molar-refractivity contribution in [2.45, 2.75) is 19.8 Å². The van der Waals surface area contributed by atoms with Crippen molar-refractivity contribution in [1.82, 2.24) is 4.98 Å². The van der Waals surface area contributed by atoms with Crippen LogP contribution in [0.5, 0.6) is 11.5 Å². The van der Waals surface area contributed by atoms with E-state index in [0.29, 0.717) is 28.2 Å². The maximum absolute atomic E-state index is 12.4. The summed E-state index contributed by atoms with van der Waals surface area (Å²) in [5.74, 6) is 1.54. The van der Waals surface area contributed by atoms with Crippen molar-refractivity contribution >= 4 is 38.4 Å². The van der Waals surface area contributed by atoms with Crippen LogP contribution in [-0.4, -0.2) is 25.2 Å². The molecule has 2 N–H and O–H groups in total. The summed E-state index contributed by atoms with van der Waals surface area (Å²) in [5.41, 5.74) is 2.66. The van der Waals surface area contributed by atoms with Gasteiger partial charge in [0.25, 0.3) is 0 Å². The van der Waals surface area contributed by atoms with Gasteiger partial charge in [-0.15, -0.1) is 0 Å². The fraction of sp³-hybridized carbons (Fsp3) is 0.263. The Morgan fingerprint density at radius 3 is 2.62 bits per heavy atom. The highest BCUT2D eigenvalue weighted by atomic mass is 32.1. The Hall–Kier alpha value is -2.80. The second-order valence-corrected chi connectivity index (χ2v) is 7.04. The second kappa shape index (κ2) is 7.61. The third-order valence-corrected chi connectivity index (χ3v) is 4.89. The molecule has 0 aliphatic carbocycles. The van der Waals surface area contributed by atoms with Gasteiger partial charge >= 0.3 is 6.03 Å². The number of hydrogen-bond acceptors (Lipinski definition) is 5. The van der Waals surface area contributed by atoms with Gasteiger partial charge in [0.1, 0.15) is 11.5 Å². The summed E-state index contributed by atoms with van der Waals surface area (Å²) < 4.78 is 11.5. The molecule has 1 heterocycles. The number of ether oxygens (including phenoxy) is 2. The number of methoxy groups -OCH3 is 2. The molecule has 0 aliphatic heterocycles. The van der Waals surface area contributed by atoms with E-state index in [2.05, 4.69) is 35.5 Å². The van der Waals surface area contributed by atoms with E-state index in [1.165, 1.54) is 16.9 Å². The van der Waals surface area contributed by atoms with Crippen LogP contribution < -0.4 is 20.1 Å². The average molecular weight is 371 g/mol. The molecular weight excluding hydrogens is 350 g/mol. The number of rotatable bonds is 5. The molecule has 0 aliphatic rings. The largest absolute Gasteiger partial charge is 0.497 e. The molecule has 7 heteroatoms. The van der Waals surface area contributed by atoms with Gasteiger partial charge in [-0.2, -0.15) is 0 Å². The molecule has 0 fully saturated rings. The number of carbonyl (C=O) groups is 1. The SMILES string of the molecule is COc1ccc(NC(=O)Nc2nc3c(C(C)C)cccc3s2)c(OC)c1. The molecule has 0 spiro atoms. The zero-order chi connectivity index (χ0) is 18.7. The Labute approximate surface area is 156 Å². The van der Waals surface area contributed by atoms with Crippen molar-refractivity contribution in [3.05, 3.63) is 42.0 Å². The van der Waals surface area contributed by atoms with Crippen molar-refractivity contribution in [1.29, 1.82) is 0 Å². The fourth-order valence-corrected chi connectivity index (χ4v) is 3.54. The summed E-state index contributed by atoms with van der Waals surface area (Å²) in [6.07, 6.45) is 0. The standard InChI is InChI=1S/C19H21N3O3S/c1-11(2)13-6-5-7-16-17(13)21-19(26-16)22-18(23)20-14-9-8-12(24-3)10-15(14)25-4/h5-11H,1-4H3,(H2,20,21,22,23). The van der Waals surface area contributed by atoms with Crippen LogP contribution in [0.25, 0.3) is 10.2 Å². The lowest BCUT2D eigenvalue weighted by Crippen LogP contribution is -2.19. The number of urea groups is 1. The topological polar surface area (TPSA) is 72.5 Å². The van der Waals surface area contributed by atoms with Gasteiger partial charge in [-0.3, -0.25) is 5.32 Å². The smallest absolute Gasteiger partial charge is 0.325 e. The monoisotopic (exact) mass is 371 g/mol. The van der Waals surface area contributed by atoms with E-state index in [9.17, 15) is 4.79 Å². The van der Waals surface area contributed by atoms with Crippen molar-refractivity contribution in [2.75, 3.05) is 24.9 Å². The van der Waals surface area contributed by atoms with Gasteiger partial charge < -0.3 is 14.8 Å². The molecule has 0 radical (unpaired) electrons. The van der Waals surface area contributed by atoms with Gasteiger partial charge in [-0.1, -0.05) is 37.3 Å². The highest BCUT2D eigenvalue weighted by Crippen LogP contribution is 2.32. The zero-order valence-electron chi connectivity index (χ0n) is 15.1. The lowest BCUT2D eigenvalue weighted by atomic mass is 10.0. The van der Waals surface area contributed by atoms with Gasteiger partial charge in [0, 0.05) is 6.07 Å². The summed E-state index contributed by atoms with van der Waals surface area (Å²) in [7, 11) is 3.12. The third kappa shape index (κ3) is 3.72. The van der Waals surface area contributed by atoms with E-state index in [1.54, 1.807) is 32.4 Å².